The summed E-state index contributed by atoms with van der Waals surface area (Å²) in [5, 5.41) is 2.87. The van der Waals surface area contributed by atoms with E-state index in [2.05, 4.69) is 24.1 Å². The number of aromatic nitrogens is 1. The van der Waals surface area contributed by atoms with Gasteiger partial charge in [0.05, 0.1) is 5.35 Å². The second-order valence-electron chi connectivity index (χ2n) is 2.70. The van der Waals surface area contributed by atoms with Crippen molar-refractivity contribution in [2.24, 2.45) is 0 Å². The average molecular weight is 166 g/mol. The lowest BCUT2D eigenvalue weighted by Crippen LogP contribution is -2.27. The lowest BCUT2D eigenvalue weighted by molar-refractivity contribution is 1.19. The molecule has 0 bridgehead atoms. The largest absolute Gasteiger partial charge is 0.236 e. The monoisotopic (exact) mass is 165 g/mol. The van der Waals surface area contributed by atoms with Crippen LogP contribution in [0.3, 0.4) is 0 Å². The third kappa shape index (κ3) is 1.05. The summed E-state index contributed by atoms with van der Waals surface area (Å²) in [5.74, 6) is 0. The summed E-state index contributed by atoms with van der Waals surface area (Å²) in [6.07, 6.45) is 5.26. The molecule has 0 saturated carbocycles. The zero-order chi connectivity index (χ0) is 7.84. The van der Waals surface area contributed by atoms with E-state index in [4.69, 9.17) is 11.6 Å². The van der Waals surface area contributed by atoms with Gasteiger partial charge in [-0.15, -0.1) is 0 Å². The van der Waals surface area contributed by atoms with E-state index in [0.717, 1.165) is 11.8 Å². The molecule has 2 heteroatoms. The molecule has 0 unspecified atom stereocenters. The zero-order valence-electron chi connectivity index (χ0n) is 6.26. The molecule has 1 aliphatic carbocycles. The van der Waals surface area contributed by atoms with Crippen molar-refractivity contribution in [3.05, 3.63) is 27.4 Å². The molecule has 1 nitrogen and oxygen atoms in total. The second kappa shape index (κ2) is 2.35. The molecule has 0 amide bonds. The Morgan fingerprint density at radius 2 is 2.27 bits per heavy atom. The van der Waals surface area contributed by atoms with Gasteiger partial charge in [0, 0.05) is 0 Å². The lowest BCUT2D eigenvalue weighted by atomic mass is 10.2. The molecular formula is C9H8ClN. The van der Waals surface area contributed by atoms with Crippen LogP contribution in [0.15, 0.2) is 6.07 Å². The minimum atomic E-state index is 0.591. The van der Waals surface area contributed by atoms with Crippen molar-refractivity contribution in [1.82, 2.24) is 4.98 Å². The maximum absolute atomic E-state index is 5.78. The summed E-state index contributed by atoms with van der Waals surface area (Å²) >= 11 is 5.78. The summed E-state index contributed by atoms with van der Waals surface area (Å²) in [6.45, 7) is 2.06. The van der Waals surface area contributed by atoms with Crippen LogP contribution in [0.2, 0.25) is 5.15 Å². The highest BCUT2D eigenvalue weighted by Gasteiger charge is 1.99. The van der Waals surface area contributed by atoms with Crippen LogP contribution in [-0.2, 0) is 0 Å². The Kier molecular flexibility index (Phi) is 1.46. The Hall–Kier alpha value is -0.820. The van der Waals surface area contributed by atoms with Gasteiger partial charge in [0.25, 0.3) is 0 Å². The molecule has 0 N–H and O–H groups in total. The number of nitrogens with zero attached hydrogens (tertiary/aromatic N) is 1. The van der Waals surface area contributed by atoms with E-state index in [1.54, 1.807) is 0 Å². The van der Waals surface area contributed by atoms with Crippen LogP contribution in [0.25, 0.3) is 12.2 Å². The van der Waals surface area contributed by atoms with Crippen molar-refractivity contribution < 1.29 is 0 Å². The van der Waals surface area contributed by atoms with Crippen molar-refractivity contribution in [2.45, 2.75) is 13.3 Å². The predicted octanol–water partition coefficient (Wildman–Crippen LogP) is 1.01. The normalized spacial score (nSPS) is 13.6. The second-order valence-corrected chi connectivity index (χ2v) is 3.09. The van der Waals surface area contributed by atoms with E-state index >= 15 is 0 Å². The van der Waals surface area contributed by atoms with Crippen molar-refractivity contribution in [2.75, 3.05) is 0 Å². The summed E-state index contributed by atoms with van der Waals surface area (Å²) < 4.78 is 0. The van der Waals surface area contributed by atoms with Gasteiger partial charge in [-0.05, 0) is 30.2 Å². The molecule has 0 radical (unpaired) electrons. The smallest absolute Gasteiger partial charge is 0.130 e. The number of aryl methyl sites for hydroxylation is 1. The first-order chi connectivity index (χ1) is 5.27. The Morgan fingerprint density at radius 3 is 3.09 bits per heavy atom. The SMILES string of the molecule is Cc1cc(Cl)nc2c1=CCC=2. The molecule has 0 fully saturated rings. The topological polar surface area (TPSA) is 12.9 Å². The Bertz CT molecular complexity index is 406. The van der Waals surface area contributed by atoms with Gasteiger partial charge in [0.15, 0.2) is 0 Å². The fourth-order valence-electron chi connectivity index (χ4n) is 1.38. The maximum Gasteiger partial charge on any atom is 0.130 e. The van der Waals surface area contributed by atoms with Crippen LogP contribution < -0.4 is 10.6 Å². The summed E-state index contributed by atoms with van der Waals surface area (Å²) in [7, 11) is 0. The van der Waals surface area contributed by atoms with Crippen LogP contribution in [-0.4, -0.2) is 4.98 Å². The van der Waals surface area contributed by atoms with Crippen LogP contribution >= 0.6 is 11.6 Å². The third-order valence-electron chi connectivity index (χ3n) is 1.90. The summed E-state index contributed by atoms with van der Waals surface area (Å²) in [6, 6.07) is 1.90. The molecule has 0 spiro atoms. The Labute approximate surface area is 70.0 Å². The summed E-state index contributed by atoms with van der Waals surface area (Å²) in [4.78, 5) is 4.19. The number of hydrogen-bond donors (Lipinski definition) is 0. The van der Waals surface area contributed by atoms with Crippen LogP contribution in [0, 0.1) is 6.92 Å². The highest BCUT2D eigenvalue weighted by atomic mass is 35.5. The number of halogens is 1. The molecule has 1 aliphatic rings. The molecule has 2 rings (SSSR count). The molecule has 0 atom stereocenters. The lowest BCUT2D eigenvalue weighted by Gasteiger charge is -1.93. The van der Waals surface area contributed by atoms with E-state index in [0.29, 0.717) is 5.15 Å². The van der Waals surface area contributed by atoms with E-state index in [-0.39, 0.29) is 0 Å². The maximum atomic E-state index is 5.78. The first kappa shape index (κ1) is 6.86. The van der Waals surface area contributed by atoms with Crippen LogP contribution in [0.4, 0.5) is 0 Å². The molecule has 1 heterocycles. The minimum absolute atomic E-state index is 0.591. The predicted molar refractivity (Wildman–Crippen MR) is 46.8 cm³/mol. The van der Waals surface area contributed by atoms with Gasteiger partial charge in [-0.1, -0.05) is 23.8 Å². The first-order valence-corrected chi connectivity index (χ1v) is 3.99. The van der Waals surface area contributed by atoms with Gasteiger partial charge < -0.3 is 0 Å². The number of rotatable bonds is 0. The quantitative estimate of drug-likeness (QED) is 0.523. The van der Waals surface area contributed by atoms with Crippen molar-refractivity contribution in [3.8, 4) is 0 Å². The van der Waals surface area contributed by atoms with Gasteiger partial charge in [-0.2, -0.15) is 0 Å². The van der Waals surface area contributed by atoms with Crippen molar-refractivity contribution >= 4 is 23.8 Å². The average Bonchev–Trinajstić information content (AvgIpc) is 2.34. The standard InChI is InChI=1S/C9H8ClN/c1-6-5-9(10)11-8-4-2-3-7(6)8/h3-5H,2H2,1H3. The van der Waals surface area contributed by atoms with E-state index in [9.17, 15) is 0 Å². The van der Waals surface area contributed by atoms with E-state index in [1.165, 1.54) is 10.8 Å². The molecule has 56 valence electrons. The molecule has 11 heavy (non-hydrogen) atoms. The summed E-state index contributed by atoms with van der Waals surface area (Å²) in [5.41, 5.74) is 1.22. The highest BCUT2D eigenvalue weighted by Crippen LogP contribution is 2.01. The van der Waals surface area contributed by atoms with Gasteiger partial charge >= 0.3 is 0 Å². The van der Waals surface area contributed by atoms with E-state index in [1.807, 2.05) is 6.07 Å². The number of pyridine rings is 1. The zero-order valence-corrected chi connectivity index (χ0v) is 7.02. The fourth-order valence-corrected chi connectivity index (χ4v) is 1.63. The Balaban J connectivity index is 2.93. The highest BCUT2D eigenvalue weighted by molar-refractivity contribution is 6.29. The number of fused-ring (bicyclic) bond motifs is 1. The molecule has 1 aromatic heterocycles. The van der Waals surface area contributed by atoms with Gasteiger partial charge in [0.2, 0.25) is 0 Å². The van der Waals surface area contributed by atoms with Gasteiger partial charge in [-0.3, -0.25) is 0 Å². The molecular weight excluding hydrogens is 158 g/mol. The Morgan fingerprint density at radius 1 is 1.45 bits per heavy atom. The van der Waals surface area contributed by atoms with Gasteiger partial charge in [0.1, 0.15) is 5.15 Å². The molecule has 0 aromatic carbocycles. The molecule has 0 saturated heterocycles. The van der Waals surface area contributed by atoms with Crippen LogP contribution in [0.1, 0.15) is 12.0 Å². The third-order valence-corrected chi connectivity index (χ3v) is 2.09. The van der Waals surface area contributed by atoms with Crippen molar-refractivity contribution in [3.63, 3.8) is 0 Å². The van der Waals surface area contributed by atoms with E-state index < -0.39 is 0 Å². The minimum Gasteiger partial charge on any atom is -0.236 e. The van der Waals surface area contributed by atoms with Crippen molar-refractivity contribution in [1.29, 1.82) is 0 Å². The molecule has 1 aromatic rings. The first-order valence-electron chi connectivity index (χ1n) is 3.61. The van der Waals surface area contributed by atoms with Crippen LogP contribution in [0.5, 0.6) is 0 Å². The number of hydrogen-bond acceptors (Lipinski definition) is 1. The van der Waals surface area contributed by atoms with Gasteiger partial charge in [-0.25, -0.2) is 4.98 Å². The molecule has 0 aliphatic heterocycles. The fraction of sp³-hybridized carbons (Fsp3) is 0.222.